The van der Waals surface area contributed by atoms with Gasteiger partial charge in [-0.3, -0.25) is 0 Å². The molecule has 0 radical (unpaired) electrons. The van der Waals surface area contributed by atoms with Crippen LogP contribution in [0.5, 0.6) is 0 Å². The van der Waals surface area contributed by atoms with E-state index in [0.717, 1.165) is 12.6 Å². The van der Waals surface area contributed by atoms with E-state index in [0.29, 0.717) is 24.1 Å². The van der Waals surface area contributed by atoms with Gasteiger partial charge < -0.3 is 14.1 Å². The zero-order valence-electron chi connectivity index (χ0n) is 10.3. The molecule has 7 heteroatoms. The Morgan fingerprint density at radius 3 is 2.59 bits per heavy atom. The van der Waals surface area contributed by atoms with Gasteiger partial charge in [0.05, 0.1) is 27.2 Å². The van der Waals surface area contributed by atoms with Gasteiger partial charge >= 0.3 is 5.97 Å². The van der Waals surface area contributed by atoms with Crippen LogP contribution in [0.2, 0.25) is 0 Å². The van der Waals surface area contributed by atoms with Crippen LogP contribution in [0, 0.1) is 10.1 Å². The monoisotopic (exact) mass is 247 g/mol. The molecular formula is C10H19N2O5+. The summed E-state index contributed by atoms with van der Waals surface area (Å²) in [6, 6.07) is 0. The van der Waals surface area contributed by atoms with Crippen LogP contribution < -0.4 is 0 Å². The third-order valence-electron chi connectivity index (χ3n) is 2.21. The SMILES string of the molecule is C=CC(=O)OCCC[N+](C)(C)CCO[N+](=O)[O-]. The minimum atomic E-state index is -0.800. The number of hydrogen-bond acceptors (Lipinski definition) is 5. The molecule has 0 atom stereocenters. The van der Waals surface area contributed by atoms with E-state index in [2.05, 4.69) is 11.4 Å². The first-order valence-electron chi connectivity index (χ1n) is 5.26. The smallest absolute Gasteiger partial charge is 0.330 e. The number of quaternary nitrogens is 1. The van der Waals surface area contributed by atoms with Crippen molar-refractivity contribution in [2.45, 2.75) is 6.42 Å². The summed E-state index contributed by atoms with van der Waals surface area (Å²) in [6.45, 7) is 4.94. The Bertz CT molecular complexity index is 278. The number of likely N-dealkylation sites (N-methyl/N-ethyl adjacent to an activating group) is 1. The summed E-state index contributed by atoms with van der Waals surface area (Å²) in [6.07, 6.45) is 1.80. The molecular weight excluding hydrogens is 228 g/mol. The molecule has 0 fully saturated rings. The number of ether oxygens (including phenoxy) is 1. The van der Waals surface area contributed by atoms with E-state index < -0.39 is 11.1 Å². The van der Waals surface area contributed by atoms with Crippen molar-refractivity contribution in [1.29, 1.82) is 0 Å². The molecule has 17 heavy (non-hydrogen) atoms. The van der Waals surface area contributed by atoms with Crippen molar-refractivity contribution >= 4 is 5.97 Å². The number of carbonyl (C=O) groups is 1. The van der Waals surface area contributed by atoms with Crippen LogP contribution in [-0.4, -0.2) is 55.9 Å². The average molecular weight is 247 g/mol. The number of rotatable bonds is 9. The lowest BCUT2D eigenvalue weighted by atomic mass is 10.3. The lowest BCUT2D eigenvalue weighted by Crippen LogP contribution is -2.43. The van der Waals surface area contributed by atoms with Gasteiger partial charge in [-0.1, -0.05) is 6.58 Å². The van der Waals surface area contributed by atoms with E-state index in [1.165, 1.54) is 0 Å². The minimum Gasteiger partial charge on any atom is -0.462 e. The number of esters is 1. The summed E-state index contributed by atoms with van der Waals surface area (Å²) < 4.78 is 5.39. The number of carbonyl (C=O) groups excluding carboxylic acids is 1. The fraction of sp³-hybridized carbons (Fsp3) is 0.700. The van der Waals surface area contributed by atoms with Gasteiger partial charge in [0.2, 0.25) is 0 Å². The van der Waals surface area contributed by atoms with Crippen molar-refractivity contribution in [3.05, 3.63) is 22.8 Å². The highest BCUT2D eigenvalue weighted by atomic mass is 16.9. The number of nitrogens with zero attached hydrogens (tertiary/aromatic N) is 2. The fourth-order valence-corrected chi connectivity index (χ4v) is 1.20. The van der Waals surface area contributed by atoms with Crippen LogP contribution in [0.4, 0.5) is 0 Å². The van der Waals surface area contributed by atoms with Gasteiger partial charge in [-0.15, -0.1) is 10.1 Å². The molecule has 0 aromatic rings. The van der Waals surface area contributed by atoms with Crippen molar-refractivity contribution in [3.8, 4) is 0 Å². The van der Waals surface area contributed by atoms with Crippen molar-refractivity contribution in [3.63, 3.8) is 0 Å². The molecule has 98 valence electrons. The molecule has 0 unspecified atom stereocenters. The van der Waals surface area contributed by atoms with Crippen LogP contribution in [0.25, 0.3) is 0 Å². The molecule has 7 nitrogen and oxygen atoms in total. The first-order chi connectivity index (χ1) is 7.87. The lowest BCUT2D eigenvalue weighted by Gasteiger charge is -2.29. The maximum Gasteiger partial charge on any atom is 0.330 e. The van der Waals surface area contributed by atoms with Gasteiger partial charge in [0, 0.05) is 12.5 Å². The molecule has 0 aliphatic heterocycles. The highest BCUT2D eigenvalue weighted by molar-refractivity contribution is 5.81. The summed E-state index contributed by atoms with van der Waals surface area (Å²) in [4.78, 5) is 25.0. The van der Waals surface area contributed by atoms with Crippen LogP contribution in [0.1, 0.15) is 6.42 Å². The van der Waals surface area contributed by atoms with Crippen LogP contribution in [0.3, 0.4) is 0 Å². The van der Waals surface area contributed by atoms with Crippen molar-refractivity contribution in [1.82, 2.24) is 0 Å². The molecule has 0 saturated carbocycles. The zero-order chi connectivity index (χ0) is 13.3. The molecule has 0 amide bonds. The van der Waals surface area contributed by atoms with Crippen molar-refractivity contribution in [2.24, 2.45) is 0 Å². The van der Waals surface area contributed by atoms with Gasteiger partial charge in [0.1, 0.15) is 13.2 Å². The lowest BCUT2D eigenvalue weighted by molar-refractivity contribution is -0.898. The molecule has 0 bridgehead atoms. The highest BCUT2D eigenvalue weighted by Gasteiger charge is 2.15. The fourth-order valence-electron chi connectivity index (χ4n) is 1.20. The van der Waals surface area contributed by atoms with Crippen LogP contribution in [-0.2, 0) is 14.4 Å². The van der Waals surface area contributed by atoms with Crippen molar-refractivity contribution < 1.29 is 23.9 Å². The third-order valence-corrected chi connectivity index (χ3v) is 2.21. The van der Waals surface area contributed by atoms with Gasteiger partial charge in [-0.25, -0.2) is 4.79 Å². The van der Waals surface area contributed by atoms with E-state index in [1.54, 1.807) is 0 Å². The Balaban J connectivity index is 3.66. The van der Waals surface area contributed by atoms with Crippen molar-refractivity contribution in [2.75, 3.05) is 40.4 Å². The van der Waals surface area contributed by atoms with Crippen LogP contribution >= 0.6 is 0 Å². The van der Waals surface area contributed by atoms with Gasteiger partial charge in [-0.05, 0) is 0 Å². The molecule has 0 N–H and O–H groups in total. The maximum absolute atomic E-state index is 10.7. The van der Waals surface area contributed by atoms with E-state index in [1.807, 2.05) is 14.1 Å². The summed E-state index contributed by atoms with van der Waals surface area (Å²) >= 11 is 0. The standard InChI is InChI=1S/C10H19N2O5/c1-4-10(13)16-8-5-6-12(2,3)7-9-17-11(14)15/h4H,1,5-9H2,2-3H3/q+1. The summed E-state index contributed by atoms with van der Waals surface area (Å²) in [5, 5.41) is 9.16. The molecule has 0 aromatic heterocycles. The first kappa shape index (κ1) is 15.4. The molecule has 0 aliphatic carbocycles. The average Bonchev–Trinajstić information content (AvgIpc) is 2.23. The molecule has 0 aliphatic rings. The largest absolute Gasteiger partial charge is 0.462 e. The van der Waals surface area contributed by atoms with E-state index in [9.17, 15) is 14.9 Å². The summed E-state index contributed by atoms with van der Waals surface area (Å²) in [5.41, 5.74) is 0. The Labute approximate surface area is 100 Å². The van der Waals surface area contributed by atoms with E-state index >= 15 is 0 Å². The predicted octanol–water partition coefficient (Wildman–Crippen LogP) is 0.390. The Morgan fingerprint density at radius 1 is 1.41 bits per heavy atom. The van der Waals surface area contributed by atoms with E-state index in [-0.39, 0.29) is 6.61 Å². The second kappa shape index (κ2) is 7.61. The van der Waals surface area contributed by atoms with Gasteiger partial charge in [-0.2, -0.15) is 0 Å². The van der Waals surface area contributed by atoms with E-state index in [4.69, 9.17) is 4.74 Å². The van der Waals surface area contributed by atoms with Gasteiger partial charge in [0.25, 0.3) is 5.09 Å². The normalized spacial score (nSPS) is 10.7. The van der Waals surface area contributed by atoms with Crippen LogP contribution in [0.15, 0.2) is 12.7 Å². The Morgan fingerprint density at radius 2 is 2.06 bits per heavy atom. The first-order valence-corrected chi connectivity index (χ1v) is 5.26. The second-order valence-electron chi connectivity index (χ2n) is 4.16. The predicted molar refractivity (Wildman–Crippen MR) is 60.6 cm³/mol. The number of hydrogen-bond donors (Lipinski definition) is 0. The topological polar surface area (TPSA) is 78.7 Å². The molecule has 0 heterocycles. The molecule has 0 rings (SSSR count). The molecule has 0 aromatic carbocycles. The zero-order valence-corrected chi connectivity index (χ0v) is 10.3. The maximum atomic E-state index is 10.7. The minimum absolute atomic E-state index is 0.0619. The highest BCUT2D eigenvalue weighted by Crippen LogP contribution is 2.00. The van der Waals surface area contributed by atoms with Gasteiger partial charge in [0.15, 0.2) is 0 Å². The Kier molecular flexibility index (Phi) is 6.88. The quantitative estimate of drug-likeness (QED) is 0.147. The molecule has 0 saturated heterocycles. The summed E-state index contributed by atoms with van der Waals surface area (Å²) in [7, 11) is 3.86. The summed E-state index contributed by atoms with van der Waals surface area (Å²) in [5.74, 6) is -0.438. The molecule has 0 spiro atoms. The third kappa shape index (κ3) is 9.31. The second-order valence-corrected chi connectivity index (χ2v) is 4.16. The Hall–Kier alpha value is -1.63.